The Morgan fingerprint density at radius 1 is 0.878 bits per heavy atom. The summed E-state index contributed by atoms with van der Waals surface area (Å²) < 4.78 is 1.65. The number of carbonyl (C=O) groups excluding carboxylic acids is 1. The van der Waals surface area contributed by atoms with Gasteiger partial charge in [-0.2, -0.15) is 0 Å². The molecule has 2 atom stereocenters. The number of carboxylic acid groups (broad SMARTS) is 1. The molecule has 3 saturated heterocycles. The van der Waals surface area contributed by atoms with Gasteiger partial charge in [-0.3, -0.25) is 4.79 Å². The van der Waals surface area contributed by atoms with Gasteiger partial charge in [0.05, 0.1) is 18.2 Å². The van der Waals surface area contributed by atoms with Crippen molar-refractivity contribution in [2.45, 2.75) is 63.1 Å². The van der Waals surface area contributed by atoms with Gasteiger partial charge in [0.25, 0.3) is 5.56 Å². The van der Waals surface area contributed by atoms with Crippen LogP contribution in [0, 0.1) is 5.41 Å². The maximum absolute atomic E-state index is 14.1. The number of hydrogen-bond acceptors (Lipinski definition) is 5. The van der Waals surface area contributed by atoms with E-state index in [0.29, 0.717) is 26.1 Å². The minimum atomic E-state index is -1.10. The van der Waals surface area contributed by atoms with Gasteiger partial charge in [-0.05, 0) is 43.7 Å². The van der Waals surface area contributed by atoms with Gasteiger partial charge in [-0.15, -0.1) is 0 Å². The summed E-state index contributed by atoms with van der Waals surface area (Å²) in [5.74, 6) is 0. The standard InChI is InChI=1S/C31H41N5O5/c37-27-20-25(32-14-6-7-15-32)10-16-34(27)23-31(41)13-17-35(22-30(31)11-4-5-12-30)28(38)36-19-18-33(29(39)40)21-26(36)24-8-2-1-3-9-24/h1-3,8-10,16,20,26,41H,4-7,11-15,17-19,21-23H2,(H,39,40). The van der Waals surface area contributed by atoms with Crippen LogP contribution in [0.4, 0.5) is 15.3 Å². The van der Waals surface area contributed by atoms with E-state index < -0.39 is 17.1 Å². The molecule has 10 heteroatoms. The molecule has 2 aromatic rings. The van der Waals surface area contributed by atoms with Gasteiger partial charge < -0.3 is 34.4 Å². The molecule has 4 heterocycles. The van der Waals surface area contributed by atoms with Crippen molar-refractivity contribution in [3.05, 3.63) is 64.6 Å². The molecule has 3 aliphatic heterocycles. The molecule has 1 aromatic heterocycles. The molecule has 1 aliphatic carbocycles. The molecule has 4 aliphatic rings. The van der Waals surface area contributed by atoms with Crippen LogP contribution in [-0.2, 0) is 6.54 Å². The van der Waals surface area contributed by atoms with Crippen LogP contribution in [0.5, 0.6) is 0 Å². The number of aliphatic hydroxyl groups is 1. The van der Waals surface area contributed by atoms with Crippen molar-refractivity contribution < 1.29 is 19.8 Å². The maximum atomic E-state index is 14.1. The minimum Gasteiger partial charge on any atom is -0.465 e. The van der Waals surface area contributed by atoms with E-state index in [1.54, 1.807) is 10.6 Å². The lowest BCUT2D eigenvalue weighted by molar-refractivity contribution is -0.137. The zero-order valence-corrected chi connectivity index (χ0v) is 23.7. The van der Waals surface area contributed by atoms with Crippen molar-refractivity contribution in [2.24, 2.45) is 5.41 Å². The van der Waals surface area contributed by atoms with Gasteiger partial charge >= 0.3 is 12.1 Å². The number of carbonyl (C=O) groups is 2. The Kier molecular flexibility index (Phi) is 7.44. The highest BCUT2D eigenvalue weighted by atomic mass is 16.4. The molecular formula is C31H41N5O5. The normalized spacial score (nSPS) is 26.1. The van der Waals surface area contributed by atoms with E-state index in [0.717, 1.165) is 62.9 Å². The average molecular weight is 564 g/mol. The number of likely N-dealkylation sites (tertiary alicyclic amines) is 1. The second-order valence-electron chi connectivity index (χ2n) is 12.4. The number of piperazine rings is 1. The highest BCUT2D eigenvalue weighted by molar-refractivity contribution is 5.76. The van der Waals surface area contributed by atoms with Gasteiger partial charge in [0.2, 0.25) is 0 Å². The Balaban J connectivity index is 1.22. The number of anilines is 1. The third-order valence-corrected chi connectivity index (χ3v) is 10.1. The van der Waals surface area contributed by atoms with Crippen LogP contribution in [0.25, 0.3) is 0 Å². The molecule has 1 aromatic carbocycles. The second kappa shape index (κ2) is 11.0. The first-order chi connectivity index (χ1) is 19.8. The fourth-order valence-corrected chi connectivity index (χ4v) is 7.67. The first kappa shape index (κ1) is 27.6. The Morgan fingerprint density at radius 2 is 1.61 bits per heavy atom. The Labute approximate surface area is 240 Å². The summed E-state index contributed by atoms with van der Waals surface area (Å²) in [4.78, 5) is 46.3. The molecule has 6 rings (SSSR count). The molecule has 1 saturated carbocycles. The molecule has 3 amide bonds. The molecule has 2 unspecified atom stereocenters. The number of nitrogens with zero attached hydrogens (tertiary/aromatic N) is 5. The van der Waals surface area contributed by atoms with Crippen molar-refractivity contribution in [1.82, 2.24) is 19.3 Å². The van der Waals surface area contributed by atoms with E-state index in [2.05, 4.69) is 4.90 Å². The fourth-order valence-electron chi connectivity index (χ4n) is 7.67. The molecule has 1 spiro atoms. The van der Waals surface area contributed by atoms with Crippen LogP contribution in [0.2, 0.25) is 0 Å². The maximum Gasteiger partial charge on any atom is 0.407 e. The predicted molar refractivity (Wildman–Crippen MR) is 155 cm³/mol. The molecule has 0 bridgehead atoms. The summed E-state index contributed by atoms with van der Waals surface area (Å²) in [5.41, 5.74) is 0.172. The quantitative estimate of drug-likeness (QED) is 0.589. The first-order valence-electron chi connectivity index (χ1n) is 15.0. The van der Waals surface area contributed by atoms with Crippen LogP contribution in [0.15, 0.2) is 53.5 Å². The lowest BCUT2D eigenvalue weighted by atomic mass is 9.66. The largest absolute Gasteiger partial charge is 0.465 e. The summed E-state index contributed by atoms with van der Waals surface area (Å²) in [6, 6.07) is 12.8. The first-order valence-corrected chi connectivity index (χ1v) is 15.0. The number of amides is 3. The molecule has 2 N–H and O–H groups in total. The molecule has 4 fully saturated rings. The SMILES string of the molecule is O=C(O)N1CCN(C(=O)N2CCC(O)(Cn3ccc(N4CCCC4)cc3=O)C3(CCCC3)C2)C(c2ccccc2)C1. The summed E-state index contributed by atoms with van der Waals surface area (Å²) in [7, 11) is 0. The molecule has 41 heavy (non-hydrogen) atoms. The number of piperidine rings is 1. The van der Waals surface area contributed by atoms with E-state index in [4.69, 9.17) is 0 Å². The summed E-state index contributed by atoms with van der Waals surface area (Å²) in [6.07, 6.45) is 7.10. The summed E-state index contributed by atoms with van der Waals surface area (Å²) in [5, 5.41) is 21.9. The second-order valence-corrected chi connectivity index (χ2v) is 12.4. The van der Waals surface area contributed by atoms with Crippen molar-refractivity contribution in [2.75, 3.05) is 50.7 Å². The molecular weight excluding hydrogens is 522 g/mol. The smallest absolute Gasteiger partial charge is 0.407 e. The Hall–Kier alpha value is -3.53. The highest BCUT2D eigenvalue weighted by Gasteiger charge is 2.56. The number of urea groups is 1. The predicted octanol–water partition coefficient (Wildman–Crippen LogP) is 3.60. The topological polar surface area (TPSA) is 110 Å². The van der Waals surface area contributed by atoms with Crippen LogP contribution in [-0.4, -0.2) is 93.0 Å². The van der Waals surface area contributed by atoms with Gasteiger partial charge in [-0.25, -0.2) is 9.59 Å². The number of hydrogen-bond donors (Lipinski definition) is 2. The third kappa shape index (κ3) is 5.18. The summed E-state index contributed by atoms with van der Waals surface area (Å²) >= 11 is 0. The van der Waals surface area contributed by atoms with Gasteiger partial charge in [0.1, 0.15) is 0 Å². The molecule has 220 valence electrons. The third-order valence-electron chi connectivity index (χ3n) is 10.1. The van der Waals surface area contributed by atoms with E-state index >= 15 is 0 Å². The number of pyridine rings is 1. The van der Waals surface area contributed by atoms with Gasteiger partial charge in [0, 0.05) is 69.2 Å². The molecule has 0 radical (unpaired) electrons. The van der Waals surface area contributed by atoms with E-state index in [-0.39, 0.29) is 37.3 Å². The Morgan fingerprint density at radius 3 is 2.29 bits per heavy atom. The lowest BCUT2D eigenvalue weighted by Gasteiger charge is -2.53. The van der Waals surface area contributed by atoms with Gasteiger partial charge in [-0.1, -0.05) is 43.2 Å². The van der Waals surface area contributed by atoms with Crippen molar-refractivity contribution in [1.29, 1.82) is 0 Å². The van der Waals surface area contributed by atoms with E-state index in [9.17, 15) is 24.6 Å². The zero-order chi connectivity index (χ0) is 28.6. The van der Waals surface area contributed by atoms with Crippen LogP contribution < -0.4 is 10.5 Å². The number of aromatic nitrogens is 1. The van der Waals surface area contributed by atoms with Crippen molar-refractivity contribution in [3.8, 4) is 0 Å². The van der Waals surface area contributed by atoms with Crippen LogP contribution >= 0.6 is 0 Å². The highest BCUT2D eigenvalue weighted by Crippen LogP contribution is 2.52. The van der Waals surface area contributed by atoms with E-state index in [1.807, 2.05) is 52.4 Å². The number of benzene rings is 1. The van der Waals surface area contributed by atoms with Gasteiger partial charge in [0.15, 0.2) is 0 Å². The lowest BCUT2D eigenvalue weighted by Crippen LogP contribution is -2.64. The van der Waals surface area contributed by atoms with Crippen molar-refractivity contribution >= 4 is 17.8 Å². The van der Waals surface area contributed by atoms with E-state index in [1.165, 1.54) is 4.90 Å². The molecule has 10 nitrogen and oxygen atoms in total. The monoisotopic (exact) mass is 563 g/mol. The summed E-state index contributed by atoms with van der Waals surface area (Å²) in [6.45, 7) is 3.79. The zero-order valence-electron chi connectivity index (χ0n) is 23.7. The van der Waals surface area contributed by atoms with Crippen LogP contribution in [0.1, 0.15) is 56.6 Å². The van der Waals surface area contributed by atoms with Crippen molar-refractivity contribution in [3.63, 3.8) is 0 Å². The Bertz CT molecular complexity index is 1320. The van der Waals surface area contributed by atoms with Crippen LogP contribution in [0.3, 0.4) is 0 Å². The fraction of sp³-hybridized carbons (Fsp3) is 0.581. The minimum absolute atomic E-state index is 0.100. The number of rotatable bonds is 4. The average Bonchev–Trinajstić information content (AvgIpc) is 3.69.